The molecule has 5 heteroatoms. The lowest BCUT2D eigenvalue weighted by atomic mass is 10.1. The van der Waals surface area contributed by atoms with E-state index in [1.165, 1.54) is 11.5 Å². The van der Waals surface area contributed by atoms with Gasteiger partial charge in [0.1, 0.15) is 10.8 Å². The molecular formula is C15H18N2O2S. The number of ketones is 1. The Morgan fingerprint density at radius 3 is 2.55 bits per heavy atom. The van der Waals surface area contributed by atoms with Gasteiger partial charge in [-0.05, 0) is 50.0 Å². The molecule has 0 saturated carbocycles. The summed E-state index contributed by atoms with van der Waals surface area (Å²) in [4.78, 5) is 11.7. The molecule has 1 aromatic heterocycles. The van der Waals surface area contributed by atoms with Crippen LogP contribution < -0.4 is 10.1 Å². The van der Waals surface area contributed by atoms with Crippen LogP contribution in [0, 0.1) is 6.92 Å². The van der Waals surface area contributed by atoms with Gasteiger partial charge in [0.15, 0.2) is 5.78 Å². The van der Waals surface area contributed by atoms with E-state index in [0.717, 1.165) is 22.0 Å². The molecule has 0 bridgehead atoms. The number of Topliss-reactive ketones (excluding diaryl/α,β-unsaturated/α-hetero) is 1. The molecule has 4 nitrogen and oxygen atoms in total. The maximum atomic E-state index is 11.7. The Hall–Kier alpha value is -1.88. The van der Waals surface area contributed by atoms with Crippen molar-refractivity contribution >= 4 is 22.3 Å². The minimum Gasteiger partial charge on any atom is -0.497 e. The zero-order chi connectivity index (χ0) is 14.7. The predicted molar refractivity (Wildman–Crippen MR) is 81.9 cm³/mol. The second-order valence-corrected chi connectivity index (χ2v) is 5.44. The molecule has 2 rings (SSSR count). The van der Waals surface area contributed by atoms with Gasteiger partial charge in [0.05, 0.1) is 18.4 Å². The van der Waals surface area contributed by atoms with Crippen LogP contribution in [0.3, 0.4) is 0 Å². The van der Waals surface area contributed by atoms with Crippen LogP contribution in [-0.2, 0) is 0 Å². The predicted octanol–water partition coefficient (Wildman–Crippen LogP) is 3.84. The number of methoxy groups -OCH3 is 1. The lowest BCUT2D eigenvalue weighted by Crippen LogP contribution is -2.08. The third-order valence-electron chi connectivity index (χ3n) is 3.18. The summed E-state index contributed by atoms with van der Waals surface area (Å²) in [5.41, 5.74) is 2.61. The summed E-state index contributed by atoms with van der Waals surface area (Å²) in [7, 11) is 1.65. The summed E-state index contributed by atoms with van der Waals surface area (Å²) in [6.45, 7) is 5.48. The maximum Gasteiger partial charge on any atom is 0.164 e. The number of nitrogens with one attached hydrogen (secondary N) is 1. The molecule has 0 aliphatic heterocycles. The first-order valence-corrected chi connectivity index (χ1v) is 7.18. The van der Waals surface area contributed by atoms with E-state index in [2.05, 4.69) is 16.6 Å². The van der Waals surface area contributed by atoms with Gasteiger partial charge in [0.25, 0.3) is 0 Å². The number of benzene rings is 1. The molecule has 0 amide bonds. The molecule has 1 heterocycles. The van der Waals surface area contributed by atoms with Crippen LogP contribution in [0.2, 0.25) is 0 Å². The highest BCUT2D eigenvalue weighted by atomic mass is 32.1. The van der Waals surface area contributed by atoms with Crippen molar-refractivity contribution in [2.45, 2.75) is 26.8 Å². The van der Waals surface area contributed by atoms with Gasteiger partial charge in [-0.3, -0.25) is 4.79 Å². The lowest BCUT2D eigenvalue weighted by molar-refractivity contribution is 0.101. The van der Waals surface area contributed by atoms with Crippen molar-refractivity contribution in [1.82, 2.24) is 4.37 Å². The number of hydrogen-bond donors (Lipinski definition) is 1. The molecule has 106 valence electrons. The molecule has 0 aliphatic carbocycles. The first-order chi connectivity index (χ1) is 9.52. The molecule has 1 atom stereocenters. The number of carbonyl (C=O) groups is 1. The molecular weight excluding hydrogens is 272 g/mol. The summed E-state index contributed by atoms with van der Waals surface area (Å²) >= 11 is 1.33. The molecule has 2 aromatic rings. The summed E-state index contributed by atoms with van der Waals surface area (Å²) in [5.74, 6) is 0.875. The van der Waals surface area contributed by atoms with Gasteiger partial charge in [-0.15, -0.1) is 0 Å². The third kappa shape index (κ3) is 2.99. The van der Waals surface area contributed by atoms with Crippen molar-refractivity contribution in [1.29, 1.82) is 0 Å². The number of anilines is 1. The SMILES string of the molecule is COc1ccc(C(C)Nc2snc(C)c2C(C)=O)cc1. The van der Waals surface area contributed by atoms with Crippen molar-refractivity contribution in [2.75, 3.05) is 12.4 Å². The number of hydrogen-bond acceptors (Lipinski definition) is 5. The normalized spacial score (nSPS) is 12.0. The van der Waals surface area contributed by atoms with Crippen LogP contribution in [0.4, 0.5) is 5.00 Å². The topological polar surface area (TPSA) is 51.2 Å². The summed E-state index contributed by atoms with van der Waals surface area (Å²) in [6, 6.07) is 7.98. The molecule has 0 spiro atoms. The van der Waals surface area contributed by atoms with Crippen LogP contribution >= 0.6 is 11.5 Å². The Morgan fingerprint density at radius 1 is 1.35 bits per heavy atom. The largest absolute Gasteiger partial charge is 0.497 e. The van der Waals surface area contributed by atoms with Gasteiger partial charge < -0.3 is 10.1 Å². The average molecular weight is 290 g/mol. The van der Waals surface area contributed by atoms with E-state index >= 15 is 0 Å². The van der Waals surface area contributed by atoms with Crippen molar-refractivity contribution in [3.05, 3.63) is 41.1 Å². The highest BCUT2D eigenvalue weighted by molar-refractivity contribution is 7.10. The highest BCUT2D eigenvalue weighted by Crippen LogP contribution is 2.29. The minimum atomic E-state index is 0.0423. The molecule has 0 aliphatic rings. The fraction of sp³-hybridized carbons (Fsp3) is 0.333. The van der Waals surface area contributed by atoms with Crippen LogP contribution in [0.25, 0.3) is 0 Å². The molecule has 0 radical (unpaired) electrons. The Morgan fingerprint density at radius 2 is 2.00 bits per heavy atom. The van der Waals surface area contributed by atoms with Crippen LogP contribution in [-0.4, -0.2) is 17.3 Å². The Labute approximate surface area is 123 Å². The molecule has 1 aromatic carbocycles. The fourth-order valence-corrected chi connectivity index (χ4v) is 2.99. The maximum absolute atomic E-state index is 11.7. The summed E-state index contributed by atoms with van der Waals surface area (Å²) in [5, 5.41) is 4.19. The minimum absolute atomic E-state index is 0.0423. The van der Waals surface area contributed by atoms with Gasteiger partial charge in [0.2, 0.25) is 0 Å². The van der Waals surface area contributed by atoms with E-state index in [4.69, 9.17) is 4.74 Å². The average Bonchev–Trinajstić information content (AvgIpc) is 2.79. The molecule has 0 saturated heterocycles. The number of nitrogens with zero attached hydrogens (tertiary/aromatic N) is 1. The van der Waals surface area contributed by atoms with Crippen molar-refractivity contribution in [3.63, 3.8) is 0 Å². The zero-order valence-electron chi connectivity index (χ0n) is 12.1. The first kappa shape index (κ1) is 14.5. The van der Waals surface area contributed by atoms with Gasteiger partial charge in [-0.2, -0.15) is 4.37 Å². The van der Waals surface area contributed by atoms with E-state index in [-0.39, 0.29) is 11.8 Å². The molecule has 1 unspecified atom stereocenters. The number of carbonyl (C=O) groups excluding carboxylic acids is 1. The Bertz CT molecular complexity index is 605. The Kier molecular flexibility index (Phi) is 4.39. The van der Waals surface area contributed by atoms with Gasteiger partial charge in [-0.25, -0.2) is 0 Å². The first-order valence-electron chi connectivity index (χ1n) is 6.40. The van der Waals surface area contributed by atoms with E-state index in [9.17, 15) is 4.79 Å². The highest BCUT2D eigenvalue weighted by Gasteiger charge is 2.17. The molecule has 0 fully saturated rings. The van der Waals surface area contributed by atoms with Gasteiger partial charge >= 0.3 is 0 Å². The number of rotatable bonds is 5. The van der Waals surface area contributed by atoms with Crippen LogP contribution in [0.5, 0.6) is 5.75 Å². The van der Waals surface area contributed by atoms with Gasteiger partial charge in [0, 0.05) is 6.04 Å². The van der Waals surface area contributed by atoms with Crippen LogP contribution in [0.15, 0.2) is 24.3 Å². The summed E-state index contributed by atoms with van der Waals surface area (Å²) < 4.78 is 9.40. The van der Waals surface area contributed by atoms with E-state index in [0.29, 0.717) is 5.56 Å². The quantitative estimate of drug-likeness (QED) is 0.850. The monoisotopic (exact) mass is 290 g/mol. The van der Waals surface area contributed by atoms with Gasteiger partial charge in [-0.1, -0.05) is 12.1 Å². The van der Waals surface area contributed by atoms with Crippen LogP contribution in [0.1, 0.15) is 41.5 Å². The Balaban J connectivity index is 2.18. The number of aromatic nitrogens is 1. The zero-order valence-corrected chi connectivity index (χ0v) is 12.9. The van der Waals surface area contributed by atoms with Crippen molar-refractivity contribution < 1.29 is 9.53 Å². The second-order valence-electron chi connectivity index (χ2n) is 4.67. The van der Waals surface area contributed by atoms with Crippen molar-refractivity contribution in [2.24, 2.45) is 0 Å². The van der Waals surface area contributed by atoms with E-state index in [1.54, 1.807) is 14.0 Å². The standard InChI is InChI=1S/C15H18N2O2S/c1-9(12-5-7-13(19-4)8-6-12)16-15-14(11(3)18)10(2)17-20-15/h5-9,16H,1-4H3. The lowest BCUT2D eigenvalue weighted by Gasteiger charge is -2.15. The van der Waals surface area contributed by atoms with Crippen molar-refractivity contribution in [3.8, 4) is 5.75 Å². The third-order valence-corrected chi connectivity index (χ3v) is 4.05. The molecule has 1 N–H and O–H groups in total. The van der Waals surface area contributed by atoms with E-state index < -0.39 is 0 Å². The van der Waals surface area contributed by atoms with E-state index in [1.807, 2.05) is 31.2 Å². The summed E-state index contributed by atoms with van der Waals surface area (Å²) in [6.07, 6.45) is 0. The number of ether oxygens (including phenoxy) is 1. The smallest absolute Gasteiger partial charge is 0.164 e. The fourth-order valence-electron chi connectivity index (χ4n) is 2.06. The molecule has 20 heavy (non-hydrogen) atoms. The second kappa shape index (κ2) is 6.05. The number of aryl methyl sites for hydroxylation is 1.